The first-order valence-corrected chi connectivity index (χ1v) is 18.1. The van der Waals surface area contributed by atoms with Crippen molar-refractivity contribution in [2.24, 2.45) is 0 Å². The van der Waals surface area contributed by atoms with Crippen LogP contribution >= 0.6 is 0 Å². The summed E-state index contributed by atoms with van der Waals surface area (Å²) < 4.78 is 5.45. The molecule has 232 valence electrons. The molecule has 0 aromatic rings. The fourth-order valence-corrected chi connectivity index (χ4v) is 5.55. The van der Waals surface area contributed by atoms with Gasteiger partial charge in [-0.15, -0.1) is 0 Å². The molecule has 0 atom stereocenters. The molecule has 0 aliphatic rings. The van der Waals surface area contributed by atoms with Crippen LogP contribution in [0.3, 0.4) is 0 Å². The first-order chi connectivity index (χ1) is 19.2. The number of ether oxygens (including phenoxy) is 1. The molecule has 0 rings (SSSR count). The average Bonchev–Trinajstić information content (AvgIpc) is 2.94. The van der Waals surface area contributed by atoms with Gasteiger partial charge in [0.2, 0.25) is 0 Å². The van der Waals surface area contributed by atoms with E-state index >= 15 is 0 Å². The van der Waals surface area contributed by atoms with Crippen LogP contribution in [-0.2, 0) is 9.53 Å². The quantitative estimate of drug-likeness (QED) is 0.0463. The SMILES string of the molecule is C=C(CCCCCCCCCCCCCCCC)C(=O)OCCCCCCCCCCCCCCCCCC. The minimum atomic E-state index is -0.161. The summed E-state index contributed by atoms with van der Waals surface area (Å²) in [5, 5.41) is 0. The van der Waals surface area contributed by atoms with Crippen molar-refractivity contribution in [3.05, 3.63) is 12.2 Å². The molecule has 0 unspecified atom stereocenters. The number of carbonyl (C=O) groups is 1. The molecule has 0 aliphatic carbocycles. The summed E-state index contributed by atoms with van der Waals surface area (Å²) in [5.41, 5.74) is 0.672. The van der Waals surface area contributed by atoms with Crippen LogP contribution in [0.4, 0.5) is 0 Å². The van der Waals surface area contributed by atoms with E-state index in [1.165, 1.54) is 180 Å². The highest BCUT2D eigenvalue weighted by molar-refractivity contribution is 5.87. The summed E-state index contributed by atoms with van der Waals surface area (Å²) in [7, 11) is 0. The number of unbranched alkanes of at least 4 members (excludes halogenated alkanes) is 28. The van der Waals surface area contributed by atoms with Crippen LogP contribution in [0, 0.1) is 0 Å². The van der Waals surface area contributed by atoms with Gasteiger partial charge in [-0.25, -0.2) is 4.79 Å². The smallest absolute Gasteiger partial charge is 0.333 e. The van der Waals surface area contributed by atoms with Crippen LogP contribution in [0.15, 0.2) is 12.2 Å². The maximum Gasteiger partial charge on any atom is 0.333 e. The molecule has 0 saturated carbocycles. The Labute approximate surface area is 246 Å². The van der Waals surface area contributed by atoms with Gasteiger partial charge in [-0.05, 0) is 19.3 Å². The Morgan fingerprint density at radius 1 is 0.410 bits per heavy atom. The number of hydrogen-bond acceptors (Lipinski definition) is 2. The zero-order valence-corrected chi connectivity index (χ0v) is 27.2. The van der Waals surface area contributed by atoms with E-state index in [1.807, 2.05) is 0 Å². The first kappa shape index (κ1) is 38.2. The van der Waals surface area contributed by atoms with E-state index in [0.717, 1.165) is 19.3 Å². The van der Waals surface area contributed by atoms with Gasteiger partial charge in [-0.2, -0.15) is 0 Å². The molecule has 0 N–H and O–H groups in total. The fourth-order valence-electron chi connectivity index (χ4n) is 5.55. The maximum atomic E-state index is 12.1. The van der Waals surface area contributed by atoms with Crippen LogP contribution in [0.25, 0.3) is 0 Å². The Kier molecular flexibility index (Phi) is 32.7. The monoisotopic (exact) mass is 549 g/mol. The number of hydrogen-bond donors (Lipinski definition) is 0. The standard InChI is InChI=1S/C37H72O2/c1-4-6-8-10-12-14-16-18-20-21-23-25-27-29-31-33-35-39-37(38)36(3)34-32-30-28-26-24-22-19-17-15-13-11-9-7-5-2/h3-35H2,1-2H3. The van der Waals surface area contributed by atoms with Crippen LogP contribution in [0.1, 0.15) is 213 Å². The summed E-state index contributed by atoms with van der Waals surface area (Å²) in [6, 6.07) is 0. The molecule has 0 amide bonds. The molecule has 2 nitrogen and oxygen atoms in total. The summed E-state index contributed by atoms with van der Waals surface area (Å²) >= 11 is 0. The molecule has 2 heteroatoms. The number of rotatable bonds is 33. The van der Waals surface area contributed by atoms with Crippen molar-refractivity contribution < 1.29 is 9.53 Å². The molecule has 0 aromatic heterocycles. The van der Waals surface area contributed by atoms with E-state index in [9.17, 15) is 4.79 Å². The Balaban J connectivity index is 3.27. The Bertz CT molecular complexity index is 498. The van der Waals surface area contributed by atoms with Crippen LogP contribution in [0.5, 0.6) is 0 Å². The van der Waals surface area contributed by atoms with Crippen molar-refractivity contribution in [3.8, 4) is 0 Å². The highest BCUT2D eigenvalue weighted by Crippen LogP contribution is 2.16. The summed E-state index contributed by atoms with van der Waals surface area (Å²) in [6.45, 7) is 9.11. The topological polar surface area (TPSA) is 26.3 Å². The second-order valence-corrected chi connectivity index (χ2v) is 12.4. The van der Waals surface area contributed by atoms with Gasteiger partial charge in [-0.3, -0.25) is 0 Å². The number of carbonyl (C=O) groups excluding carboxylic acids is 1. The van der Waals surface area contributed by atoms with Crippen LogP contribution in [-0.4, -0.2) is 12.6 Å². The minimum absolute atomic E-state index is 0.161. The summed E-state index contributed by atoms with van der Waals surface area (Å²) in [5.74, 6) is -0.161. The average molecular weight is 549 g/mol. The lowest BCUT2D eigenvalue weighted by molar-refractivity contribution is -0.139. The van der Waals surface area contributed by atoms with Crippen LogP contribution in [0.2, 0.25) is 0 Å². The molecule has 0 saturated heterocycles. The van der Waals surface area contributed by atoms with E-state index in [0.29, 0.717) is 12.2 Å². The van der Waals surface area contributed by atoms with Gasteiger partial charge < -0.3 is 4.74 Å². The van der Waals surface area contributed by atoms with Crippen molar-refractivity contribution in [2.75, 3.05) is 6.61 Å². The molecule has 0 bridgehead atoms. The highest BCUT2D eigenvalue weighted by Gasteiger charge is 2.08. The van der Waals surface area contributed by atoms with Crippen molar-refractivity contribution in [3.63, 3.8) is 0 Å². The zero-order valence-electron chi connectivity index (χ0n) is 27.2. The molecule has 0 fully saturated rings. The third-order valence-corrected chi connectivity index (χ3v) is 8.35. The number of esters is 1. The van der Waals surface area contributed by atoms with Gasteiger partial charge in [-0.1, -0.05) is 200 Å². The van der Waals surface area contributed by atoms with Crippen molar-refractivity contribution in [2.45, 2.75) is 213 Å². The lowest BCUT2D eigenvalue weighted by atomic mass is 10.0. The van der Waals surface area contributed by atoms with Crippen LogP contribution < -0.4 is 0 Å². The fraction of sp³-hybridized carbons (Fsp3) is 0.919. The summed E-state index contributed by atoms with van der Waals surface area (Å²) in [6.07, 6.45) is 41.6. The van der Waals surface area contributed by atoms with Crippen molar-refractivity contribution in [1.29, 1.82) is 0 Å². The van der Waals surface area contributed by atoms with Gasteiger partial charge in [0.1, 0.15) is 0 Å². The zero-order chi connectivity index (χ0) is 28.5. The molecule has 0 spiro atoms. The third kappa shape index (κ3) is 31.6. The lowest BCUT2D eigenvalue weighted by Crippen LogP contribution is -2.08. The first-order valence-electron chi connectivity index (χ1n) is 18.1. The third-order valence-electron chi connectivity index (χ3n) is 8.35. The second kappa shape index (κ2) is 33.4. The highest BCUT2D eigenvalue weighted by atomic mass is 16.5. The molecule has 0 aromatic carbocycles. The summed E-state index contributed by atoms with van der Waals surface area (Å²) in [4.78, 5) is 12.1. The Morgan fingerprint density at radius 2 is 0.667 bits per heavy atom. The van der Waals surface area contributed by atoms with E-state index in [2.05, 4.69) is 20.4 Å². The Morgan fingerprint density at radius 3 is 0.974 bits per heavy atom. The Hall–Kier alpha value is -0.790. The largest absolute Gasteiger partial charge is 0.462 e. The molecule has 0 radical (unpaired) electrons. The van der Waals surface area contributed by atoms with Gasteiger partial charge >= 0.3 is 5.97 Å². The van der Waals surface area contributed by atoms with Gasteiger partial charge in [0, 0.05) is 5.57 Å². The normalized spacial score (nSPS) is 11.2. The van der Waals surface area contributed by atoms with E-state index < -0.39 is 0 Å². The predicted octanol–water partition coefficient (Wildman–Crippen LogP) is 13.2. The second-order valence-electron chi connectivity index (χ2n) is 12.4. The molecule has 0 aliphatic heterocycles. The molecule has 39 heavy (non-hydrogen) atoms. The minimum Gasteiger partial charge on any atom is -0.462 e. The molecular weight excluding hydrogens is 476 g/mol. The van der Waals surface area contributed by atoms with Crippen molar-refractivity contribution >= 4 is 5.97 Å². The molecular formula is C37H72O2. The molecule has 0 heterocycles. The van der Waals surface area contributed by atoms with Gasteiger partial charge in [0.15, 0.2) is 0 Å². The van der Waals surface area contributed by atoms with Crippen molar-refractivity contribution in [1.82, 2.24) is 0 Å². The van der Waals surface area contributed by atoms with Gasteiger partial charge in [0.25, 0.3) is 0 Å². The lowest BCUT2D eigenvalue weighted by Gasteiger charge is -2.07. The van der Waals surface area contributed by atoms with E-state index in [4.69, 9.17) is 4.74 Å². The van der Waals surface area contributed by atoms with E-state index in [1.54, 1.807) is 0 Å². The van der Waals surface area contributed by atoms with E-state index in [-0.39, 0.29) is 5.97 Å². The maximum absolute atomic E-state index is 12.1. The predicted molar refractivity (Wildman–Crippen MR) is 175 cm³/mol. The van der Waals surface area contributed by atoms with Gasteiger partial charge in [0.05, 0.1) is 6.61 Å².